The first-order valence-electron chi connectivity index (χ1n) is 6.61. The molecule has 2 nitrogen and oxygen atoms in total. The highest BCUT2D eigenvalue weighted by Gasteiger charge is 2.14. The lowest BCUT2D eigenvalue weighted by atomic mass is 10.0. The Bertz CT molecular complexity index is 791. The van der Waals surface area contributed by atoms with E-state index in [1.807, 2.05) is 36.4 Å². The topological polar surface area (TPSA) is 33.1 Å². The molecule has 0 saturated heterocycles. The van der Waals surface area contributed by atoms with Crippen molar-refractivity contribution in [2.24, 2.45) is 0 Å². The van der Waals surface area contributed by atoms with E-state index in [-0.39, 0.29) is 5.02 Å². The fraction of sp³-hybridized carbons (Fsp3) is 0.118. The second kappa shape index (κ2) is 5.80. The smallest absolute Gasteiger partial charge is 0.124 e. The van der Waals surface area contributed by atoms with Gasteiger partial charge in [-0.2, -0.15) is 0 Å². The van der Waals surface area contributed by atoms with E-state index in [2.05, 4.69) is 4.98 Å². The van der Waals surface area contributed by atoms with Crippen LogP contribution in [0.5, 0.6) is 0 Å². The van der Waals surface area contributed by atoms with Gasteiger partial charge in [0.1, 0.15) is 5.82 Å². The molecule has 0 radical (unpaired) electrons. The number of para-hydroxylation sites is 1. The van der Waals surface area contributed by atoms with E-state index < -0.39 is 11.9 Å². The van der Waals surface area contributed by atoms with Gasteiger partial charge in [0.25, 0.3) is 0 Å². The molecule has 0 bridgehead atoms. The number of pyridine rings is 1. The van der Waals surface area contributed by atoms with E-state index >= 15 is 0 Å². The van der Waals surface area contributed by atoms with Gasteiger partial charge < -0.3 is 5.11 Å². The minimum atomic E-state index is -0.813. The molecular weight excluding hydrogens is 289 g/mol. The van der Waals surface area contributed by atoms with Gasteiger partial charge in [0.05, 0.1) is 11.6 Å². The van der Waals surface area contributed by atoms with Crippen LogP contribution in [0.1, 0.15) is 17.4 Å². The molecular formula is C17H13ClFNO. The number of fused-ring (bicyclic) bond motifs is 1. The lowest BCUT2D eigenvalue weighted by Crippen LogP contribution is -2.04. The summed E-state index contributed by atoms with van der Waals surface area (Å²) in [5.74, 6) is -0.417. The molecule has 0 aliphatic heterocycles. The zero-order valence-corrected chi connectivity index (χ0v) is 11.9. The molecule has 1 heterocycles. The van der Waals surface area contributed by atoms with Crippen molar-refractivity contribution < 1.29 is 9.50 Å². The summed E-state index contributed by atoms with van der Waals surface area (Å²) < 4.78 is 13.0. The van der Waals surface area contributed by atoms with Crippen molar-refractivity contribution in [1.29, 1.82) is 0 Å². The minimum absolute atomic E-state index is 0.225. The second-order valence-electron chi connectivity index (χ2n) is 4.88. The number of nitrogens with zero attached hydrogens (tertiary/aromatic N) is 1. The van der Waals surface area contributed by atoms with Crippen molar-refractivity contribution in [3.05, 3.63) is 76.7 Å². The zero-order chi connectivity index (χ0) is 14.8. The number of aromatic nitrogens is 1. The summed E-state index contributed by atoms with van der Waals surface area (Å²) in [5.41, 5.74) is 2.15. The van der Waals surface area contributed by atoms with Gasteiger partial charge in [0, 0.05) is 22.5 Å². The van der Waals surface area contributed by atoms with E-state index in [9.17, 15) is 9.50 Å². The van der Waals surface area contributed by atoms with Gasteiger partial charge in [-0.15, -0.1) is 0 Å². The van der Waals surface area contributed by atoms with Crippen molar-refractivity contribution in [1.82, 2.24) is 4.98 Å². The highest BCUT2D eigenvalue weighted by Crippen LogP contribution is 2.26. The molecule has 1 aromatic heterocycles. The van der Waals surface area contributed by atoms with Gasteiger partial charge in [-0.1, -0.05) is 41.9 Å². The third-order valence-corrected chi connectivity index (χ3v) is 3.71. The van der Waals surface area contributed by atoms with E-state index in [4.69, 9.17) is 11.6 Å². The number of benzene rings is 2. The average molecular weight is 302 g/mol. The Morgan fingerprint density at radius 2 is 1.90 bits per heavy atom. The second-order valence-corrected chi connectivity index (χ2v) is 5.29. The van der Waals surface area contributed by atoms with Gasteiger partial charge in [0.15, 0.2) is 0 Å². The first-order valence-corrected chi connectivity index (χ1v) is 6.99. The molecule has 1 N–H and O–H groups in total. The van der Waals surface area contributed by atoms with Crippen LogP contribution in [-0.2, 0) is 6.42 Å². The maximum Gasteiger partial charge on any atom is 0.124 e. The van der Waals surface area contributed by atoms with E-state index in [1.54, 1.807) is 0 Å². The number of aliphatic hydroxyl groups excluding tert-OH is 1. The maximum atomic E-state index is 13.0. The molecule has 21 heavy (non-hydrogen) atoms. The Morgan fingerprint density at radius 3 is 2.71 bits per heavy atom. The van der Waals surface area contributed by atoms with Gasteiger partial charge in [-0.25, -0.2) is 4.39 Å². The molecule has 0 fully saturated rings. The third kappa shape index (κ3) is 3.04. The molecule has 1 atom stereocenters. The average Bonchev–Trinajstić information content (AvgIpc) is 2.47. The quantitative estimate of drug-likeness (QED) is 0.782. The summed E-state index contributed by atoms with van der Waals surface area (Å²) in [7, 11) is 0. The van der Waals surface area contributed by atoms with Crippen molar-refractivity contribution in [2.75, 3.05) is 0 Å². The lowest BCUT2D eigenvalue weighted by Gasteiger charge is -2.12. The minimum Gasteiger partial charge on any atom is -0.388 e. The Morgan fingerprint density at radius 1 is 1.10 bits per heavy atom. The molecule has 2 aromatic carbocycles. The van der Waals surface area contributed by atoms with Crippen LogP contribution in [0.15, 0.2) is 54.6 Å². The van der Waals surface area contributed by atoms with Gasteiger partial charge >= 0.3 is 0 Å². The number of rotatable bonds is 3. The number of aliphatic hydroxyl groups is 1. The SMILES string of the molecule is OC(Cc1ccc2ccccc2n1)c1ccc(F)cc1Cl. The summed E-state index contributed by atoms with van der Waals surface area (Å²) >= 11 is 5.97. The Hall–Kier alpha value is -1.97. The van der Waals surface area contributed by atoms with Crippen molar-refractivity contribution in [2.45, 2.75) is 12.5 Å². The molecule has 3 rings (SSSR count). The van der Waals surface area contributed by atoms with Crippen LogP contribution in [0.2, 0.25) is 5.02 Å². The molecule has 4 heteroatoms. The zero-order valence-electron chi connectivity index (χ0n) is 11.1. The highest BCUT2D eigenvalue weighted by atomic mass is 35.5. The monoisotopic (exact) mass is 301 g/mol. The standard InChI is InChI=1S/C17H13ClFNO/c18-15-9-12(19)6-8-14(15)17(21)10-13-7-5-11-3-1-2-4-16(11)20-13/h1-9,17,21H,10H2. The molecule has 106 valence electrons. The summed E-state index contributed by atoms with van der Waals surface area (Å²) in [5, 5.41) is 11.5. The Balaban J connectivity index is 1.87. The predicted octanol–water partition coefficient (Wildman–Crippen LogP) is 4.30. The maximum absolute atomic E-state index is 13.0. The van der Waals surface area contributed by atoms with Crippen molar-refractivity contribution in [3.8, 4) is 0 Å². The summed E-state index contributed by atoms with van der Waals surface area (Å²) in [6.45, 7) is 0. The van der Waals surface area contributed by atoms with E-state index in [1.165, 1.54) is 18.2 Å². The number of halogens is 2. The van der Waals surface area contributed by atoms with Crippen LogP contribution < -0.4 is 0 Å². The summed E-state index contributed by atoms with van der Waals surface area (Å²) in [6.07, 6.45) is -0.484. The fourth-order valence-electron chi connectivity index (χ4n) is 2.30. The van der Waals surface area contributed by atoms with Crippen LogP contribution in [0.4, 0.5) is 4.39 Å². The molecule has 0 aliphatic rings. The van der Waals surface area contributed by atoms with Crippen LogP contribution >= 0.6 is 11.6 Å². The fourth-order valence-corrected chi connectivity index (χ4v) is 2.59. The van der Waals surface area contributed by atoms with Crippen LogP contribution in [-0.4, -0.2) is 10.1 Å². The predicted molar refractivity (Wildman–Crippen MR) is 81.8 cm³/mol. The Labute approximate surface area is 126 Å². The highest BCUT2D eigenvalue weighted by molar-refractivity contribution is 6.31. The van der Waals surface area contributed by atoms with Gasteiger partial charge in [-0.05, 0) is 29.8 Å². The molecule has 0 amide bonds. The normalized spacial score (nSPS) is 12.5. The first-order chi connectivity index (χ1) is 10.1. The molecule has 0 spiro atoms. The lowest BCUT2D eigenvalue weighted by molar-refractivity contribution is 0.177. The third-order valence-electron chi connectivity index (χ3n) is 3.38. The van der Waals surface area contributed by atoms with E-state index in [0.29, 0.717) is 12.0 Å². The molecule has 0 aliphatic carbocycles. The number of hydrogen-bond acceptors (Lipinski definition) is 2. The van der Waals surface area contributed by atoms with Crippen LogP contribution in [0.25, 0.3) is 10.9 Å². The largest absolute Gasteiger partial charge is 0.388 e. The first kappa shape index (κ1) is 14.0. The Kier molecular flexibility index (Phi) is 3.86. The van der Waals surface area contributed by atoms with Crippen molar-refractivity contribution in [3.63, 3.8) is 0 Å². The van der Waals surface area contributed by atoms with Gasteiger partial charge in [-0.3, -0.25) is 4.98 Å². The van der Waals surface area contributed by atoms with E-state index in [0.717, 1.165) is 16.6 Å². The molecule has 0 saturated carbocycles. The number of hydrogen-bond donors (Lipinski definition) is 1. The molecule has 3 aromatic rings. The summed E-state index contributed by atoms with van der Waals surface area (Å²) in [6, 6.07) is 15.6. The van der Waals surface area contributed by atoms with Crippen molar-refractivity contribution >= 4 is 22.5 Å². The van der Waals surface area contributed by atoms with Gasteiger partial charge in [0.2, 0.25) is 0 Å². The molecule has 1 unspecified atom stereocenters. The van der Waals surface area contributed by atoms with Crippen LogP contribution in [0, 0.1) is 5.82 Å². The van der Waals surface area contributed by atoms with Crippen LogP contribution in [0.3, 0.4) is 0 Å². The summed E-state index contributed by atoms with van der Waals surface area (Å²) in [4.78, 5) is 4.51.